The van der Waals surface area contributed by atoms with E-state index < -0.39 is 31.4 Å². The summed E-state index contributed by atoms with van der Waals surface area (Å²) in [6.45, 7) is 6.34. The van der Waals surface area contributed by atoms with Gasteiger partial charge in [-0.2, -0.15) is 0 Å². The van der Waals surface area contributed by atoms with Gasteiger partial charge in [-0.1, -0.05) is 51.1 Å². The van der Waals surface area contributed by atoms with Gasteiger partial charge in [-0.15, -0.1) is 0 Å². The molecule has 0 radical (unpaired) electrons. The second-order valence-corrected chi connectivity index (χ2v) is 14.9. The van der Waals surface area contributed by atoms with Crippen LogP contribution < -0.4 is 11.0 Å². The summed E-state index contributed by atoms with van der Waals surface area (Å²) in [6.07, 6.45) is 9.81. The molecule has 9 nitrogen and oxygen atoms in total. The fraction of sp³-hybridized carbons (Fsp3) is 0.500. The summed E-state index contributed by atoms with van der Waals surface area (Å²) in [5.41, 5.74) is 1.34. The number of allylic oxidation sites excluding steroid dienone is 2. The molecule has 3 unspecified atom stereocenters. The molecule has 3 heterocycles. The van der Waals surface area contributed by atoms with Crippen LogP contribution in [-0.2, 0) is 13.8 Å². The molecule has 2 bridgehead atoms. The summed E-state index contributed by atoms with van der Waals surface area (Å²) in [6, 6.07) is 15.9. The zero-order valence-corrected chi connectivity index (χ0v) is 26.6. The minimum Gasteiger partial charge on any atom is -0.434 e. The Bertz CT molecular complexity index is 1640. The highest BCUT2D eigenvalue weighted by molar-refractivity contribution is 7.60. The standard InChI is InChI=1S/C34H42N3O6P/c1-22-15-23(2)17-28(18-24(3)16-22)36-26-13-14-27(36)20-29(19-26)37-31-12-8-7-11-30(31)35-32(33(37)38)44(40,41)43-21-42-34(39)25-9-5-4-6-10-25/h4-12,19,22-24,27-29H,13-18,20-21H2,1-3H3,(H,40,41)/t22?,23-,24+,27-,28?,29-/m1/s1. The molecule has 1 saturated heterocycles. The number of carbonyl (C=O) groups excluding carboxylic acids is 1. The average Bonchev–Trinajstić information content (AvgIpc) is 3.24. The molecule has 234 valence electrons. The molecule has 1 N–H and O–H groups in total. The minimum absolute atomic E-state index is 0.280. The summed E-state index contributed by atoms with van der Waals surface area (Å²) in [5, 5.41) is 0. The Morgan fingerprint density at radius 3 is 2.30 bits per heavy atom. The summed E-state index contributed by atoms with van der Waals surface area (Å²) >= 11 is 0. The Kier molecular flexibility index (Phi) is 8.82. The van der Waals surface area contributed by atoms with E-state index in [0.29, 0.717) is 35.0 Å². The van der Waals surface area contributed by atoms with Gasteiger partial charge >= 0.3 is 13.6 Å². The van der Waals surface area contributed by atoms with E-state index in [2.05, 4.69) is 36.7 Å². The lowest BCUT2D eigenvalue weighted by atomic mass is 9.78. The molecule has 7 atom stereocenters. The molecule has 1 saturated carbocycles. The van der Waals surface area contributed by atoms with Crippen molar-refractivity contribution < 1.29 is 23.5 Å². The molecule has 6 rings (SSSR count). The molecule has 0 spiro atoms. The first-order chi connectivity index (χ1) is 21.1. The summed E-state index contributed by atoms with van der Waals surface area (Å²) in [7, 11) is -4.74. The molecule has 3 aliphatic rings. The Labute approximate surface area is 258 Å². The maximum absolute atomic E-state index is 14.0. The van der Waals surface area contributed by atoms with E-state index in [1.54, 1.807) is 47.0 Å². The van der Waals surface area contributed by atoms with Crippen molar-refractivity contribution in [2.75, 3.05) is 6.79 Å². The summed E-state index contributed by atoms with van der Waals surface area (Å²) in [4.78, 5) is 44.2. The van der Waals surface area contributed by atoms with Crippen molar-refractivity contribution >= 4 is 30.0 Å². The van der Waals surface area contributed by atoms with Gasteiger partial charge in [0.1, 0.15) is 0 Å². The van der Waals surface area contributed by atoms with Crippen LogP contribution in [0.15, 0.2) is 71.2 Å². The number of esters is 1. The Balaban J connectivity index is 1.28. The number of fused-ring (bicyclic) bond motifs is 3. The first-order valence-corrected chi connectivity index (χ1v) is 17.4. The third-order valence-electron chi connectivity index (χ3n) is 9.51. The van der Waals surface area contributed by atoms with Crippen molar-refractivity contribution in [2.24, 2.45) is 17.8 Å². The molecule has 1 aromatic heterocycles. The van der Waals surface area contributed by atoms with Crippen LogP contribution in [0.5, 0.6) is 0 Å². The summed E-state index contributed by atoms with van der Waals surface area (Å²) in [5.74, 6) is 1.39. The SMILES string of the molecule is CC1C[C@@H](C)CC(N2C3=C[C@@H](n4c(=O)c(P(=O)(O)OCOC(=O)c5ccccc5)nc5ccccc54)C[C@H]2CC3)C[C@@H](C)C1. The van der Waals surface area contributed by atoms with Gasteiger partial charge in [0.25, 0.3) is 5.56 Å². The smallest absolute Gasteiger partial charge is 0.385 e. The van der Waals surface area contributed by atoms with Crippen LogP contribution in [0.1, 0.15) is 82.1 Å². The van der Waals surface area contributed by atoms with Crippen molar-refractivity contribution in [1.82, 2.24) is 14.5 Å². The highest BCUT2D eigenvalue weighted by atomic mass is 31.2. The highest BCUT2D eigenvalue weighted by Gasteiger charge is 2.41. The normalized spacial score (nSPS) is 28.5. The fourth-order valence-electron chi connectivity index (χ4n) is 7.94. The van der Waals surface area contributed by atoms with E-state index in [4.69, 9.17) is 9.26 Å². The van der Waals surface area contributed by atoms with Gasteiger partial charge in [0.15, 0.2) is 0 Å². The molecular formula is C34H42N3O6P. The maximum atomic E-state index is 14.0. The molecule has 2 aromatic carbocycles. The van der Waals surface area contributed by atoms with Gasteiger partial charge in [-0.3, -0.25) is 18.5 Å². The third kappa shape index (κ3) is 6.28. The first kappa shape index (κ1) is 30.8. The fourth-order valence-corrected chi connectivity index (χ4v) is 8.84. The quantitative estimate of drug-likeness (QED) is 0.190. The topological polar surface area (TPSA) is 111 Å². The van der Waals surface area contributed by atoms with E-state index in [9.17, 15) is 19.0 Å². The molecule has 1 aliphatic carbocycles. The predicted molar refractivity (Wildman–Crippen MR) is 170 cm³/mol. The molecular weight excluding hydrogens is 577 g/mol. The second-order valence-electron chi connectivity index (χ2n) is 13.1. The Morgan fingerprint density at radius 1 is 0.932 bits per heavy atom. The van der Waals surface area contributed by atoms with E-state index in [0.717, 1.165) is 25.2 Å². The van der Waals surface area contributed by atoms with Crippen LogP contribution in [0.3, 0.4) is 0 Å². The van der Waals surface area contributed by atoms with Gasteiger partial charge < -0.3 is 14.5 Å². The molecule has 10 heteroatoms. The Morgan fingerprint density at radius 2 is 1.59 bits per heavy atom. The van der Waals surface area contributed by atoms with Gasteiger partial charge in [0.2, 0.25) is 12.2 Å². The lowest BCUT2D eigenvalue weighted by molar-refractivity contribution is 0.0134. The zero-order valence-electron chi connectivity index (χ0n) is 25.7. The van der Waals surface area contributed by atoms with Crippen molar-refractivity contribution in [3.63, 3.8) is 0 Å². The highest BCUT2D eigenvalue weighted by Crippen LogP contribution is 2.45. The minimum atomic E-state index is -4.74. The van der Waals surface area contributed by atoms with Gasteiger partial charge in [0, 0.05) is 17.8 Å². The van der Waals surface area contributed by atoms with Crippen molar-refractivity contribution in [3.8, 4) is 0 Å². The Hall–Kier alpha value is -3.26. The monoisotopic (exact) mass is 619 g/mol. The number of carbonyl (C=O) groups is 1. The van der Waals surface area contributed by atoms with Gasteiger partial charge in [-0.05, 0) is 93.0 Å². The molecule has 3 aromatic rings. The first-order valence-electron chi connectivity index (χ1n) is 15.8. The van der Waals surface area contributed by atoms with Crippen LogP contribution in [0.2, 0.25) is 0 Å². The number of rotatable bonds is 7. The summed E-state index contributed by atoms with van der Waals surface area (Å²) < 4.78 is 25.2. The van der Waals surface area contributed by atoms with E-state index >= 15 is 0 Å². The van der Waals surface area contributed by atoms with E-state index in [1.165, 1.54) is 31.4 Å². The lowest BCUT2D eigenvalue weighted by Gasteiger charge is -2.44. The van der Waals surface area contributed by atoms with Crippen LogP contribution in [0, 0.1) is 17.8 Å². The van der Waals surface area contributed by atoms with Gasteiger partial charge in [0.05, 0.1) is 22.6 Å². The molecule has 44 heavy (non-hydrogen) atoms. The van der Waals surface area contributed by atoms with Crippen LogP contribution in [-0.4, -0.2) is 44.2 Å². The average molecular weight is 620 g/mol. The van der Waals surface area contributed by atoms with Crippen molar-refractivity contribution in [1.29, 1.82) is 0 Å². The van der Waals surface area contributed by atoms with Crippen LogP contribution in [0.4, 0.5) is 0 Å². The van der Waals surface area contributed by atoms with Gasteiger partial charge in [-0.25, -0.2) is 9.78 Å². The number of benzene rings is 2. The van der Waals surface area contributed by atoms with Crippen LogP contribution >= 0.6 is 7.60 Å². The largest absolute Gasteiger partial charge is 0.434 e. The predicted octanol–water partition coefficient (Wildman–Crippen LogP) is 6.18. The number of ether oxygens (including phenoxy) is 1. The lowest BCUT2D eigenvalue weighted by Crippen LogP contribution is -2.46. The molecule has 2 fully saturated rings. The number of hydrogen-bond acceptors (Lipinski definition) is 7. The maximum Gasteiger partial charge on any atom is 0.385 e. The zero-order chi connectivity index (χ0) is 31.0. The van der Waals surface area contributed by atoms with E-state index in [-0.39, 0.29) is 11.6 Å². The molecule has 2 aliphatic heterocycles. The number of aromatic nitrogens is 2. The van der Waals surface area contributed by atoms with Crippen molar-refractivity contribution in [2.45, 2.75) is 83.8 Å². The second kappa shape index (κ2) is 12.6. The van der Waals surface area contributed by atoms with Crippen molar-refractivity contribution in [3.05, 3.63) is 82.3 Å². The van der Waals surface area contributed by atoms with E-state index in [1.807, 2.05) is 12.1 Å². The number of hydrogen-bond donors (Lipinski definition) is 1. The number of para-hydroxylation sites is 2. The molecule has 0 amide bonds. The number of nitrogens with zero attached hydrogens (tertiary/aromatic N) is 3. The van der Waals surface area contributed by atoms with Crippen LogP contribution in [0.25, 0.3) is 11.0 Å². The third-order valence-corrected chi connectivity index (χ3v) is 10.8.